The Kier molecular flexibility index (Phi) is 1.77. The van der Waals surface area contributed by atoms with Crippen LogP contribution in [0.1, 0.15) is 0 Å². The Morgan fingerprint density at radius 3 is 3.17 bits per heavy atom. The number of aliphatic imine (C=N–C) groups is 1. The molecule has 0 saturated heterocycles. The number of amidine groups is 1. The van der Waals surface area contributed by atoms with Gasteiger partial charge in [0.2, 0.25) is 0 Å². The maximum atomic E-state index is 5.51. The molecule has 0 saturated carbocycles. The molecule has 1 aliphatic rings. The molecule has 1 heterocycles. The minimum absolute atomic E-state index is 0.384. The van der Waals surface area contributed by atoms with Gasteiger partial charge in [-0.1, -0.05) is 15.9 Å². The summed E-state index contributed by atoms with van der Waals surface area (Å²) in [5.41, 5.74) is 6.29. The first-order valence-corrected chi connectivity index (χ1v) is 4.30. The van der Waals surface area contributed by atoms with Crippen molar-refractivity contribution < 1.29 is 4.74 Å². The van der Waals surface area contributed by atoms with Gasteiger partial charge in [0.05, 0.1) is 0 Å². The zero-order valence-electron chi connectivity index (χ0n) is 6.25. The largest absolute Gasteiger partial charge is 0.483 e. The standard InChI is InChI=1S/C8H7BrN2O/c9-5-1-2-7-6(3-5)11-8(10)4-12-7/h1-3H,4H2,(H2,10,11). The van der Waals surface area contributed by atoms with Crippen LogP contribution >= 0.6 is 15.9 Å². The fourth-order valence-corrected chi connectivity index (χ4v) is 1.39. The van der Waals surface area contributed by atoms with E-state index in [0.717, 1.165) is 15.9 Å². The smallest absolute Gasteiger partial charge is 0.145 e. The average Bonchev–Trinajstić information content (AvgIpc) is 2.03. The lowest BCUT2D eigenvalue weighted by Crippen LogP contribution is -2.23. The molecule has 0 bridgehead atoms. The zero-order chi connectivity index (χ0) is 8.55. The summed E-state index contributed by atoms with van der Waals surface area (Å²) >= 11 is 3.34. The van der Waals surface area contributed by atoms with E-state index < -0.39 is 0 Å². The van der Waals surface area contributed by atoms with E-state index in [4.69, 9.17) is 10.5 Å². The lowest BCUT2D eigenvalue weighted by Gasteiger charge is -2.13. The second-order valence-electron chi connectivity index (χ2n) is 2.50. The number of nitrogens with two attached hydrogens (primary N) is 1. The summed E-state index contributed by atoms with van der Waals surface area (Å²) in [4.78, 5) is 4.15. The predicted molar refractivity (Wildman–Crippen MR) is 50.9 cm³/mol. The van der Waals surface area contributed by atoms with E-state index in [1.54, 1.807) is 0 Å². The average molecular weight is 227 g/mol. The first-order valence-electron chi connectivity index (χ1n) is 3.51. The Balaban J connectivity index is 2.53. The van der Waals surface area contributed by atoms with Crippen LogP contribution in [0.2, 0.25) is 0 Å². The van der Waals surface area contributed by atoms with Crippen molar-refractivity contribution in [1.29, 1.82) is 0 Å². The molecule has 1 aliphatic heterocycles. The molecular weight excluding hydrogens is 220 g/mol. The van der Waals surface area contributed by atoms with Crippen LogP contribution in [-0.2, 0) is 0 Å². The minimum Gasteiger partial charge on any atom is -0.483 e. The SMILES string of the molecule is NC1=Nc2cc(Br)ccc2OC1. The Hall–Kier alpha value is -1.03. The van der Waals surface area contributed by atoms with Gasteiger partial charge in [0, 0.05) is 4.47 Å². The Bertz CT molecular complexity index is 349. The lowest BCUT2D eigenvalue weighted by molar-refractivity contribution is 0.371. The highest BCUT2D eigenvalue weighted by molar-refractivity contribution is 9.10. The van der Waals surface area contributed by atoms with Crippen LogP contribution in [0.15, 0.2) is 27.7 Å². The second kappa shape index (κ2) is 2.79. The van der Waals surface area contributed by atoms with Crippen LogP contribution in [0.3, 0.4) is 0 Å². The third-order valence-electron chi connectivity index (χ3n) is 1.56. The van der Waals surface area contributed by atoms with E-state index >= 15 is 0 Å². The third kappa shape index (κ3) is 1.30. The summed E-state index contributed by atoms with van der Waals surface area (Å²) < 4.78 is 6.29. The van der Waals surface area contributed by atoms with Gasteiger partial charge in [-0.25, -0.2) is 4.99 Å². The van der Waals surface area contributed by atoms with Crippen LogP contribution in [-0.4, -0.2) is 12.4 Å². The van der Waals surface area contributed by atoms with E-state index in [9.17, 15) is 0 Å². The van der Waals surface area contributed by atoms with Gasteiger partial charge in [-0.05, 0) is 18.2 Å². The van der Waals surface area contributed by atoms with Crippen molar-refractivity contribution in [1.82, 2.24) is 0 Å². The van der Waals surface area contributed by atoms with Crippen molar-refractivity contribution >= 4 is 27.5 Å². The van der Waals surface area contributed by atoms with Crippen LogP contribution in [0, 0.1) is 0 Å². The second-order valence-corrected chi connectivity index (χ2v) is 3.42. The molecule has 0 atom stereocenters. The van der Waals surface area contributed by atoms with Crippen molar-refractivity contribution in [2.45, 2.75) is 0 Å². The Labute approximate surface area is 78.4 Å². The number of benzene rings is 1. The highest BCUT2D eigenvalue weighted by atomic mass is 79.9. The molecule has 12 heavy (non-hydrogen) atoms. The van der Waals surface area contributed by atoms with Gasteiger partial charge >= 0.3 is 0 Å². The summed E-state index contributed by atoms with van der Waals surface area (Å²) in [5.74, 6) is 1.30. The van der Waals surface area contributed by atoms with Gasteiger partial charge in [-0.3, -0.25) is 0 Å². The zero-order valence-corrected chi connectivity index (χ0v) is 7.84. The van der Waals surface area contributed by atoms with Gasteiger partial charge in [0.1, 0.15) is 23.9 Å². The van der Waals surface area contributed by atoms with E-state index in [0.29, 0.717) is 12.4 Å². The molecule has 62 valence electrons. The molecule has 0 fully saturated rings. The van der Waals surface area contributed by atoms with E-state index in [2.05, 4.69) is 20.9 Å². The van der Waals surface area contributed by atoms with Gasteiger partial charge in [0.15, 0.2) is 0 Å². The number of nitrogens with zero attached hydrogens (tertiary/aromatic N) is 1. The van der Waals surface area contributed by atoms with Crippen LogP contribution in [0.4, 0.5) is 5.69 Å². The highest BCUT2D eigenvalue weighted by Gasteiger charge is 2.09. The maximum absolute atomic E-state index is 5.51. The maximum Gasteiger partial charge on any atom is 0.145 e. The van der Waals surface area contributed by atoms with E-state index in [1.807, 2.05) is 18.2 Å². The molecule has 1 aromatic rings. The molecule has 0 unspecified atom stereocenters. The van der Waals surface area contributed by atoms with Crippen molar-refractivity contribution in [3.8, 4) is 5.75 Å². The van der Waals surface area contributed by atoms with Crippen molar-refractivity contribution in [2.75, 3.05) is 6.61 Å². The third-order valence-corrected chi connectivity index (χ3v) is 2.05. The molecule has 0 aromatic heterocycles. The number of hydrogen-bond acceptors (Lipinski definition) is 3. The molecule has 0 radical (unpaired) electrons. The predicted octanol–water partition coefficient (Wildman–Crippen LogP) is 1.83. The van der Waals surface area contributed by atoms with Gasteiger partial charge in [-0.15, -0.1) is 0 Å². The molecule has 1 aromatic carbocycles. The first kappa shape index (κ1) is 7.61. The first-order chi connectivity index (χ1) is 5.75. The Morgan fingerprint density at radius 2 is 2.33 bits per heavy atom. The number of ether oxygens (including phenoxy) is 1. The summed E-state index contributed by atoms with van der Waals surface area (Å²) in [5, 5.41) is 0. The van der Waals surface area contributed by atoms with Gasteiger partial charge < -0.3 is 10.5 Å². The molecule has 3 nitrogen and oxygen atoms in total. The van der Waals surface area contributed by atoms with Gasteiger partial charge in [-0.2, -0.15) is 0 Å². The minimum atomic E-state index is 0.384. The number of halogens is 1. The quantitative estimate of drug-likeness (QED) is 0.734. The summed E-state index contributed by atoms with van der Waals surface area (Å²) in [6.07, 6.45) is 0. The topological polar surface area (TPSA) is 47.6 Å². The highest BCUT2D eigenvalue weighted by Crippen LogP contribution is 2.32. The summed E-state index contributed by atoms with van der Waals surface area (Å²) in [6, 6.07) is 5.66. The van der Waals surface area contributed by atoms with Gasteiger partial charge in [0.25, 0.3) is 0 Å². The molecule has 4 heteroatoms. The van der Waals surface area contributed by atoms with Crippen LogP contribution in [0.5, 0.6) is 5.75 Å². The van der Waals surface area contributed by atoms with Crippen molar-refractivity contribution in [2.24, 2.45) is 10.7 Å². The molecular formula is C8H7BrN2O. The molecule has 0 spiro atoms. The van der Waals surface area contributed by atoms with Crippen LogP contribution < -0.4 is 10.5 Å². The van der Waals surface area contributed by atoms with E-state index in [-0.39, 0.29) is 0 Å². The molecule has 0 amide bonds. The lowest BCUT2D eigenvalue weighted by atomic mass is 10.3. The fraction of sp³-hybridized carbons (Fsp3) is 0.125. The summed E-state index contributed by atoms with van der Waals surface area (Å²) in [6.45, 7) is 0.384. The monoisotopic (exact) mass is 226 g/mol. The summed E-state index contributed by atoms with van der Waals surface area (Å²) in [7, 11) is 0. The molecule has 2 N–H and O–H groups in total. The molecule has 0 aliphatic carbocycles. The Morgan fingerprint density at radius 1 is 1.50 bits per heavy atom. The van der Waals surface area contributed by atoms with Crippen molar-refractivity contribution in [3.63, 3.8) is 0 Å². The normalized spacial score (nSPS) is 14.6. The van der Waals surface area contributed by atoms with Crippen LogP contribution in [0.25, 0.3) is 0 Å². The van der Waals surface area contributed by atoms with Crippen molar-refractivity contribution in [3.05, 3.63) is 22.7 Å². The molecule has 2 rings (SSSR count). The number of fused-ring (bicyclic) bond motifs is 1. The number of hydrogen-bond donors (Lipinski definition) is 1. The van der Waals surface area contributed by atoms with E-state index in [1.165, 1.54) is 0 Å². The number of rotatable bonds is 0. The fourth-order valence-electron chi connectivity index (χ4n) is 1.04.